The first-order valence-corrected chi connectivity index (χ1v) is 11.8. The molecule has 0 radical (unpaired) electrons. The van der Waals surface area contributed by atoms with Crippen LogP contribution in [0.2, 0.25) is 0 Å². The summed E-state index contributed by atoms with van der Waals surface area (Å²) < 4.78 is 41.5. The molecule has 0 aliphatic heterocycles. The second-order valence-electron chi connectivity index (χ2n) is 7.82. The average Bonchev–Trinajstić information content (AvgIpc) is 3.11. The lowest BCUT2D eigenvalue weighted by Gasteiger charge is -2.11. The molecule has 0 unspecified atom stereocenters. The Hall–Kier alpha value is -3.45. The number of aryl methyl sites for hydroxylation is 1. The molecule has 0 saturated heterocycles. The summed E-state index contributed by atoms with van der Waals surface area (Å²) in [4.78, 5) is 12.9. The lowest BCUT2D eigenvalue weighted by atomic mass is 10.1. The molecule has 0 spiro atoms. The van der Waals surface area contributed by atoms with E-state index >= 15 is 0 Å². The molecule has 0 atom stereocenters. The maximum Gasteiger partial charge on any atom is 0.244 e. The van der Waals surface area contributed by atoms with Crippen LogP contribution in [0.25, 0.3) is 10.9 Å². The lowest BCUT2D eigenvalue weighted by molar-refractivity contribution is -0.116. The van der Waals surface area contributed by atoms with Gasteiger partial charge in [0.15, 0.2) is 9.84 Å². The van der Waals surface area contributed by atoms with Gasteiger partial charge in [0.25, 0.3) is 0 Å². The number of fused-ring (bicyclic) bond motifs is 1. The summed E-state index contributed by atoms with van der Waals surface area (Å²) in [6, 6.07) is 18.3. The molecule has 1 heterocycles. The van der Waals surface area contributed by atoms with Gasteiger partial charge in [-0.1, -0.05) is 42.5 Å². The van der Waals surface area contributed by atoms with E-state index in [2.05, 4.69) is 5.32 Å². The minimum absolute atomic E-state index is 0.0383. The van der Waals surface area contributed by atoms with E-state index in [-0.39, 0.29) is 23.1 Å². The van der Waals surface area contributed by atoms with Crippen LogP contribution in [0.1, 0.15) is 16.7 Å². The number of hydrogen-bond acceptors (Lipinski definition) is 3. The summed E-state index contributed by atoms with van der Waals surface area (Å²) >= 11 is 0. The van der Waals surface area contributed by atoms with Crippen LogP contribution in [0, 0.1) is 19.7 Å². The molecule has 3 aromatic carbocycles. The van der Waals surface area contributed by atoms with Crippen molar-refractivity contribution in [2.24, 2.45) is 0 Å². The normalized spacial score (nSPS) is 11.6. The number of rotatable bonds is 6. The summed E-state index contributed by atoms with van der Waals surface area (Å²) in [7, 11) is -3.76. The van der Waals surface area contributed by atoms with E-state index in [9.17, 15) is 17.6 Å². The molecule has 0 aliphatic carbocycles. The maximum atomic E-state index is 13.5. The summed E-state index contributed by atoms with van der Waals surface area (Å²) in [6.07, 6.45) is 1.49. The van der Waals surface area contributed by atoms with Gasteiger partial charge in [0.05, 0.1) is 10.6 Å². The molecule has 5 nitrogen and oxygen atoms in total. The van der Waals surface area contributed by atoms with Gasteiger partial charge in [-0.3, -0.25) is 4.79 Å². The number of amides is 1. The van der Waals surface area contributed by atoms with Crippen LogP contribution in [0.15, 0.2) is 77.8 Å². The van der Waals surface area contributed by atoms with Gasteiger partial charge < -0.3 is 9.88 Å². The monoisotopic (exact) mass is 450 g/mol. The first-order valence-electron chi connectivity index (χ1n) is 10.2. The molecule has 32 heavy (non-hydrogen) atoms. The zero-order chi connectivity index (χ0) is 22.9. The number of benzene rings is 3. The predicted octanol–water partition coefficient (Wildman–Crippen LogP) is 5.01. The van der Waals surface area contributed by atoms with Crippen LogP contribution < -0.4 is 5.32 Å². The highest BCUT2D eigenvalue weighted by atomic mass is 32.2. The van der Waals surface area contributed by atoms with Crippen LogP contribution >= 0.6 is 0 Å². The van der Waals surface area contributed by atoms with Gasteiger partial charge in [0.2, 0.25) is 5.91 Å². The predicted molar refractivity (Wildman–Crippen MR) is 124 cm³/mol. The van der Waals surface area contributed by atoms with Crippen LogP contribution in [0.5, 0.6) is 0 Å². The molecule has 1 N–H and O–H groups in total. The highest BCUT2D eigenvalue weighted by molar-refractivity contribution is 7.90. The van der Waals surface area contributed by atoms with Crippen molar-refractivity contribution < 1.29 is 17.6 Å². The Bertz CT molecular complexity index is 1420. The largest absolute Gasteiger partial charge is 0.337 e. The Kier molecular flexibility index (Phi) is 5.84. The van der Waals surface area contributed by atoms with Crippen LogP contribution in [0.3, 0.4) is 0 Å². The molecule has 0 aliphatic rings. The Morgan fingerprint density at radius 2 is 1.75 bits per heavy atom. The minimum Gasteiger partial charge on any atom is -0.337 e. The maximum absolute atomic E-state index is 13.5. The molecular weight excluding hydrogens is 427 g/mol. The van der Waals surface area contributed by atoms with E-state index in [0.717, 1.165) is 16.8 Å². The van der Waals surface area contributed by atoms with E-state index < -0.39 is 15.7 Å². The molecule has 7 heteroatoms. The number of carbonyl (C=O) groups excluding carboxylic acids is 1. The number of halogens is 1. The number of hydrogen-bond donors (Lipinski definition) is 1. The third-order valence-electron chi connectivity index (χ3n) is 5.53. The van der Waals surface area contributed by atoms with Gasteiger partial charge in [-0.05, 0) is 54.8 Å². The molecule has 4 rings (SSSR count). The highest BCUT2D eigenvalue weighted by Crippen LogP contribution is 2.28. The summed E-state index contributed by atoms with van der Waals surface area (Å²) in [6.45, 7) is 3.87. The van der Waals surface area contributed by atoms with Crippen LogP contribution in [-0.4, -0.2) is 18.9 Å². The van der Waals surface area contributed by atoms with E-state index in [1.807, 2.05) is 32.0 Å². The van der Waals surface area contributed by atoms with Crippen LogP contribution in [0.4, 0.5) is 10.1 Å². The van der Waals surface area contributed by atoms with Crippen molar-refractivity contribution in [2.75, 3.05) is 5.32 Å². The third-order valence-corrected chi connectivity index (χ3v) is 7.23. The van der Waals surface area contributed by atoms with Gasteiger partial charge >= 0.3 is 0 Å². The van der Waals surface area contributed by atoms with E-state index in [4.69, 9.17) is 0 Å². The number of nitrogens with zero attached hydrogens (tertiary/aromatic N) is 1. The molecular formula is C25H23FN2O3S. The number of carbonyl (C=O) groups is 1. The average molecular weight is 451 g/mol. The number of nitrogens with one attached hydrogen (secondary N) is 1. The van der Waals surface area contributed by atoms with Crippen molar-refractivity contribution in [1.29, 1.82) is 0 Å². The van der Waals surface area contributed by atoms with Crippen molar-refractivity contribution in [3.8, 4) is 0 Å². The number of sulfone groups is 1. The molecule has 1 aromatic heterocycles. The fourth-order valence-electron chi connectivity index (χ4n) is 3.75. The Balaban J connectivity index is 1.65. The molecule has 4 aromatic rings. The quantitative estimate of drug-likeness (QED) is 0.449. The van der Waals surface area contributed by atoms with E-state index in [1.54, 1.807) is 34.9 Å². The van der Waals surface area contributed by atoms with E-state index in [1.165, 1.54) is 24.4 Å². The van der Waals surface area contributed by atoms with E-state index in [0.29, 0.717) is 16.5 Å². The Morgan fingerprint density at radius 1 is 1.00 bits per heavy atom. The van der Waals surface area contributed by atoms with Crippen molar-refractivity contribution in [3.05, 3.63) is 95.4 Å². The van der Waals surface area contributed by atoms with Gasteiger partial charge in [-0.2, -0.15) is 0 Å². The van der Waals surface area contributed by atoms with Gasteiger partial charge in [-0.15, -0.1) is 0 Å². The second kappa shape index (κ2) is 8.59. The molecule has 1 amide bonds. The third kappa shape index (κ3) is 4.43. The topological polar surface area (TPSA) is 68.2 Å². The first kappa shape index (κ1) is 21.8. The first-order chi connectivity index (χ1) is 15.2. The Labute approximate surface area is 186 Å². The van der Waals surface area contributed by atoms with Gasteiger partial charge in [-0.25, -0.2) is 12.8 Å². The number of aromatic nitrogens is 1. The molecule has 0 fully saturated rings. The zero-order valence-corrected chi connectivity index (χ0v) is 18.6. The lowest BCUT2D eigenvalue weighted by Crippen LogP contribution is -2.19. The fraction of sp³-hybridized carbons (Fsp3) is 0.160. The number of anilines is 1. The molecule has 0 saturated carbocycles. The second-order valence-corrected chi connectivity index (χ2v) is 9.78. The summed E-state index contributed by atoms with van der Waals surface area (Å²) in [5.41, 5.74) is 3.79. The summed E-state index contributed by atoms with van der Waals surface area (Å²) in [5, 5.41) is 3.44. The van der Waals surface area contributed by atoms with Gasteiger partial charge in [0, 0.05) is 22.8 Å². The highest BCUT2D eigenvalue weighted by Gasteiger charge is 2.22. The smallest absolute Gasteiger partial charge is 0.244 e. The number of para-hydroxylation sites is 1. The van der Waals surface area contributed by atoms with Crippen molar-refractivity contribution >= 4 is 32.3 Å². The summed E-state index contributed by atoms with van der Waals surface area (Å²) in [5.74, 6) is -1.07. The Morgan fingerprint density at radius 3 is 2.53 bits per heavy atom. The minimum atomic E-state index is -3.76. The van der Waals surface area contributed by atoms with Crippen molar-refractivity contribution in [3.63, 3.8) is 0 Å². The van der Waals surface area contributed by atoms with Gasteiger partial charge in [0.1, 0.15) is 12.4 Å². The van der Waals surface area contributed by atoms with Crippen molar-refractivity contribution in [2.45, 2.75) is 31.0 Å². The van der Waals surface area contributed by atoms with Crippen LogP contribution in [-0.2, 0) is 26.9 Å². The van der Waals surface area contributed by atoms with Crippen molar-refractivity contribution in [1.82, 2.24) is 4.57 Å². The molecule has 0 bridgehead atoms. The fourth-order valence-corrected chi connectivity index (χ4v) is 5.32. The SMILES string of the molecule is Cc1cccc(NC(=O)Cn2cc(S(=O)(=O)Cc3cccc(F)c3)c3ccccc32)c1C. The molecule has 164 valence electrons. The zero-order valence-electron chi connectivity index (χ0n) is 17.8. The standard InChI is InChI=1S/C25H23FN2O3S/c1-17-7-5-11-22(18(17)2)27-25(29)15-28-14-24(21-10-3-4-12-23(21)28)32(30,31)16-19-8-6-9-20(26)13-19/h3-14H,15-16H2,1-2H3,(H,27,29).